The lowest BCUT2D eigenvalue weighted by Crippen LogP contribution is -1.87. The molecule has 0 atom stereocenters. The van der Waals surface area contributed by atoms with Gasteiger partial charge < -0.3 is 4.74 Å². The number of rotatable bonds is 1. The van der Waals surface area contributed by atoms with Gasteiger partial charge in [-0.3, -0.25) is 4.98 Å². The van der Waals surface area contributed by atoms with Crippen molar-refractivity contribution in [2.24, 2.45) is 0 Å². The van der Waals surface area contributed by atoms with E-state index >= 15 is 0 Å². The maximum Gasteiger partial charge on any atom is 0.126 e. The second-order valence-corrected chi connectivity index (χ2v) is 3.01. The average Bonchev–Trinajstić information content (AvgIpc) is 2.33. The van der Waals surface area contributed by atoms with Gasteiger partial charge in [0.2, 0.25) is 0 Å². The van der Waals surface area contributed by atoms with E-state index in [0.29, 0.717) is 0 Å². The van der Waals surface area contributed by atoms with Crippen LogP contribution in [0.2, 0.25) is 0 Å². The summed E-state index contributed by atoms with van der Waals surface area (Å²) in [6.45, 7) is 6.07. The maximum atomic E-state index is 5.25. The maximum absolute atomic E-state index is 5.25. The van der Waals surface area contributed by atoms with Crippen LogP contribution in [-0.4, -0.2) is 12.1 Å². The number of aryl methyl sites for hydroxylation is 1. The van der Waals surface area contributed by atoms with Gasteiger partial charge in [-0.15, -0.1) is 0 Å². The van der Waals surface area contributed by atoms with Gasteiger partial charge in [0.15, 0.2) is 0 Å². The third-order valence-corrected chi connectivity index (χ3v) is 2.22. The van der Waals surface area contributed by atoms with Gasteiger partial charge in [0.25, 0.3) is 0 Å². The summed E-state index contributed by atoms with van der Waals surface area (Å²) in [4.78, 5) is 4.09. The van der Waals surface area contributed by atoms with Gasteiger partial charge in [0, 0.05) is 23.2 Å². The highest BCUT2D eigenvalue weighted by Crippen LogP contribution is 2.26. The molecule has 0 aliphatic heterocycles. The number of ether oxygens (including phenoxy) is 1. The van der Waals surface area contributed by atoms with E-state index in [1.807, 2.05) is 38.2 Å². The molecule has 2 rings (SSSR count). The minimum atomic E-state index is 0.906. The van der Waals surface area contributed by atoms with Crippen LogP contribution in [0.5, 0.6) is 5.75 Å². The van der Waals surface area contributed by atoms with Gasteiger partial charge >= 0.3 is 0 Å². The number of hydrogen-bond acceptors (Lipinski definition) is 2. The van der Waals surface area contributed by atoms with E-state index in [2.05, 4.69) is 11.9 Å². The van der Waals surface area contributed by atoms with E-state index in [1.165, 1.54) is 5.56 Å². The Labute approximate surface area is 90.9 Å². The lowest BCUT2D eigenvalue weighted by Gasteiger charge is -2.06. The molecule has 1 aromatic heterocycles. The van der Waals surface area contributed by atoms with Crippen LogP contribution in [0.3, 0.4) is 0 Å². The van der Waals surface area contributed by atoms with Crippen LogP contribution in [0.1, 0.15) is 19.4 Å². The summed E-state index contributed by atoms with van der Waals surface area (Å²) in [7, 11) is 1.69. The van der Waals surface area contributed by atoms with Crippen molar-refractivity contribution in [3.8, 4) is 5.75 Å². The smallest absolute Gasteiger partial charge is 0.126 e. The predicted molar refractivity (Wildman–Crippen MR) is 64.4 cm³/mol. The van der Waals surface area contributed by atoms with E-state index in [9.17, 15) is 0 Å². The van der Waals surface area contributed by atoms with Crippen LogP contribution in [0.25, 0.3) is 10.8 Å². The first-order valence-corrected chi connectivity index (χ1v) is 5.20. The summed E-state index contributed by atoms with van der Waals surface area (Å²) in [5.41, 5.74) is 1.23. The number of benzene rings is 1. The van der Waals surface area contributed by atoms with Crippen molar-refractivity contribution in [3.05, 3.63) is 36.2 Å². The van der Waals surface area contributed by atoms with Crippen LogP contribution < -0.4 is 4.74 Å². The Balaban J connectivity index is 0.000000531. The van der Waals surface area contributed by atoms with Gasteiger partial charge in [-0.05, 0) is 24.6 Å². The second-order valence-electron chi connectivity index (χ2n) is 3.01. The standard InChI is InChI=1S/C11H11NO.C2H6/c1-8-3-4-11(13-2)9-5-6-12-7-10(8)9;1-2/h3-7H,1-2H3;1-2H3. The highest BCUT2D eigenvalue weighted by molar-refractivity contribution is 5.90. The van der Waals surface area contributed by atoms with Crippen molar-refractivity contribution < 1.29 is 4.74 Å². The van der Waals surface area contributed by atoms with Crippen molar-refractivity contribution >= 4 is 10.8 Å². The molecule has 0 aliphatic carbocycles. The molecule has 0 fully saturated rings. The summed E-state index contributed by atoms with van der Waals surface area (Å²) >= 11 is 0. The summed E-state index contributed by atoms with van der Waals surface area (Å²) in [5.74, 6) is 0.906. The zero-order chi connectivity index (χ0) is 11.3. The quantitative estimate of drug-likeness (QED) is 0.706. The first-order chi connectivity index (χ1) is 7.33. The van der Waals surface area contributed by atoms with Crippen molar-refractivity contribution in [2.75, 3.05) is 7.11 Å². The zero-order valence-electron chi connectivity index (χ0n) is 9.74. The average molecular weight is 203 g/mol. The van der Waals surface area contributed by atoms with E-state index in [4.69, 9.17) is 4.74 Å². The molecule has 2 nitrogen and oxygen atoms in total. The minimum absolute atomic E-state index is 0.906. The molecular formula is C13H17NO. The highest BCUT2D eigenvalue weighted by Gasteiger charge is 2.02. The summed E-state index contributed by atoms with van der Waals surface area (Å²) in [6.07, 6.45) is 3.65. The first-order valence-electron chi connectivity index (χ1n) is 5.20. The molecule has 0 spiro atoms. The predicted octanol–water partition coefficient (Wildman–Crippen LogP) is 3.58. The fourth-order valence-corrected chi connectivity index (χ4v) is 1.48. The molecule has 0 N–H and O–H groups in total. The molecule has 0 saturated heterocycles. The molecule has 2 heteroatoms. The van der Waals surface area contributed by atoms with Gasteiger partial charge in [-0.2, -0.15) is 0 Å². The Hall–Kier alpha value is -1.57. The number of pyridine rings is 1. The van der Waals surface area contributed by atoms with Crippen LogP contribution in [0, 0.1) is 6.92 Å². The highest BCUT2D eigenvalue weighted by atomic mass is 16.5. The van der Waals surface area contributed by atoms with Crippen molar-refractivity contribution in [3.63, 3.8) is 0 Å². The van der Waals surface area contributed by atoms with Crippen LogP contribution in [0.4, 0.5) is 0 Å². The van der Waals surface area contributed by atoms with Gasteiger partial charge in [-0.1, -0.05) is 19.9 Å². The lowest BCUT2D eigenvalue weighted by atomic mass is 10.1. The third kappa shape index (κ3) is 2.27. The molecule has 0 unspecified atom stereocenters. The fourth-order valence-electron chi connectivity index (χ4n) is 1.48. The molecular weight excluding hydrogens is 186 g/mol. The minimum Gasteiger partial charge on any atom is -0.496 e. The first kappa shape index (κ1) is 11.5. The SMILES string of the molecule is CC.COc1ccc(C)c2cnccc12. The molecule has 2 aromatic rings. The van der Waals surface area contributed by atoms with E-state index in [-0.39, 0.29) is 0 Å². The molecule has 0 saturated carbocycles. The Morgan fingerprint density at radius 2 is 1.80 bits per heavy atom. The third-order valence-electron chi connectivity index (χ3n) is 2.22. The van der Waals surface area contributed by atoms with E-state index in [0.717, 1.165) is 16.5 Å². The van der Waals surface area contributed by atoms with Crippen LogP contribution in [0.15, 0.2) is 30.6 Å². The monoisotopic (exact) mass is 203 g/mol. The van der Waals surface area contributed by atoms with Gasteiger partial charge in [0.05, 0.1) is 7.11 Å². The number of fused-ring (bicyclic) bond motifs is 1. The van der Waals surface area contributed by atoms with Crippen molar-refractivity contribution in [1.82, 2.24) is 4.98 Å². The number of methoxy groups -OCH3 is 1. The van der Waals surface area contributed by atoms with E-state index in [1.54, 1.807) is 13.3 Å². The second kappa shape index (κ2) is 5.35. The topological polar surface area (TPSA) is 22.1 Å². The van der Waals surface area contributed by atoms with Crippen LogP contribution >= 0.6 is 0 Å². The molecule has 0 radical (unpaired) electrons. The number of aromatic nitrogens is 1. The molecule has 0 aliphatic rings. The Bertz CT molecular complexity index is 437. The Morgan fingerprint density at radius 3 is 2.47 bits per heavy atom. The van der Waals surface area contributed by atoms with Crippen molar-refractivity contribution in [1.29, 1.82) is 0 Å². The largest absolute Gasteiger partial charge is 0.496 e. The van der Waals surface area contributed by atoms with E-state index < -0.39 is 0 Å². The molecule has 0 amide bonds. The Morgan fingerprint density at radius 1 is 1.07 bits per heavy atom. The molecule has 80 valence electrons. The molecule has 1 heterocycles. The van der Waals surface area contributed by atoms with Gasteiger partial charge in [0.1, 0.15) is 5.75 Å². The molecule has 15 heavy (non-hydrogen) atoms. The fraction of sp³-hybridized carbons (Fsp3) is 0.308. The Kier molecular flexibility index (Phi) is 4.10. The molecule has 0 bridgehead atoms. The van der Waals surface area contributed by atoms with Crippen LogP contribution in [-0.2, 0) is 0 Å². The zero-order valence-corrected chi connectivity index (χ0v) is 9.74. The summed E-state index contributed by atoms with van der Waals surface area (Å²) in [5, 5.41) is 2.28. The van der Waals surface area contributed by atoms with Crippen molar-refractivity contribution in [2.45, 2.75) is 20.8 Å². The number of hydrogen-bond donors (Lipinski definition) is 0. The number of nitrogens with zero attached hydrogens (tertiary/aromatic N) is 1. The summed E-state index contributed by atoms with van der Waals surface area (Å²) < 4.78 is 5.25. The lowest BCUT2D eigenvalue weighted by molar-refractivity contribution is 0.419. The van der Waals surface area contributed by atoms with Gasteiger partial charge in [-0.25, -0.2) is 0 Å². The normalized spacial score (nSPS) is 9.33. The molecule has 1 aromatic carbocycles. The summed E-state index contributed by atoms with van der Waals surface area (Å²) in [6, 6.07) is 6.00.